The molecule has 0 bridgehead atoms. The van der Waals surface area contributed by atoms with Crippen LogP contribution in [0.15, 0.2) is 41.3 Å². The molecule has 1 heterocycles. The van der Waals surface area contributed by atoms with Gasteiger partial charge in [0, 0.05) is 18.3 Å². The van der Waals surface area contributed by atoms with E-state index in [1.54, 1.807) is 0 Å². The largest absolute Gasteiger partial charge is 0.496 e. The molecule has 2 N–H and O–H groups in total. The number of hydrogen-bond acceptors (Lipinski definition) is 5. The third kappa shape index (κ3) is 4.49. The first-order valence-electron chi connectivity index (χ1n) is 9.95. The van der Waals surface area contributed by atoms with Gasteiger partial charge in [0.25, 0.3) is 5.91 Å². The summed E-state index contributed by atoms with van der Waals surface area (Å²) in [6.45, 7) is 2.18. The average Bonchev–Trinajstić information content (AvgIpc) is 3.16. The molecule has 9 heteroatoms. The monoisotopic (exact) mass is 411 g/mol. The van der Waals surface area contributed by atoms with Gasteiger partial charge in [0.15, 0.2) is 0 Å². The third-order valence-electron chi connectivity index (χ3n) is 4.28. The number of rotatable bonds is 6. The van der Waals surface area contributed by atoms with Crippen LogP contribution in [-0.4, -0.2) is 40.6 Å². The van der Waals surface area contributed by atoms with Gasteiger partial charge in [-0.1, -0.05) is 0 Å². The summed E-state index contributed by atoms with van der Waals surface area (Å²) in [5.41, 5.74) is 0.234. The smallest absolute Gasteiger partial charge is 0.259 e. The van der Waals surface area contributed by atoms with Gasteiger partial charge < -0.3 is 14.8 Å². The van der Waals surface area contributed by atoms with Crippen molar-refractivity contribution in [1.29, 1.82) is 0 Å². The Hall–Kier alpha value is -2.49. The molecule has 2 aromatic rings. The van der Waals surface area contributed by atoms with Crippen molar-refractivity contribution in [2.24, 2.45) is 0 Å². The van der Waals surface area contributed by atoms with Gasteiger partial charge in [-0.2, -0.15) is 0 Å². The molecule has 0 saturated carbocycles. The van der Waals surface area contributed by atoms with Crippen molar-refractivity contribution in [3.8, 4) is 5.75 Å². The number of benzene rings is 2. The van der Waals surface area contributed by atoms with Crippen molar-refractivity contribution >= 4 is 21.6 Å². The molecule has 1 fully saturated rings. The van der Waals surface area contributed by atoms with Gasteiger partial charge in [0.2, 0.25) is 10.0 Å². The molecule has 0 radical (unpaired) electrons. The first kappa shape index (κ1) is 16.5. The highest BCUT2D eigenvalue weighted by atomic mass is 32.2. The van der Waals surface area contributed by atoms with Crippen LogP contribution in [0.5, 0.6) is 5.75 Å². The lowest BCUT2D eigenvalue weighted by Gasteiger charge is -2.14. The Morgan fingerprint density at radius 3 is 2.82 bits per heavy atom. The van der Waals surface area contributed by atoms with Crippen molar-refractivity contribution in [3.05, 3.63) is 53.3 Å². The fourth-order valence-electron chi connectivity index (χ4n) is 2.78. The number of carbonyl (C=O) groups is 1. The molecule has 1 aliphatic heterocycles. The quantitative estimate of drug-likeness (QED) is 0.762. The van der Waals surface area contributed by atoms with Crippen molar-refractivity contribution in [2.45, 2.75) is 24.3 Å². The fraction of sp³-hybridized carbons (Fsp3) is 0.316. The maximum absolute atomic E-state index is 13.5. The molecule has 7 nitrogen and oxygen atoms in total. The molecule has 1 aliphatic rings. The van der Waals surface area contributed by atoms with Crippen LogP contribution >= 0.6 is 0 Å². The predicted octanol–water partition coefficient (Wildman–Crippen LogP) is 2.46. The molecular weight excluding hydrogens is 387 g/mol. The number of nitrogens with one attached hydrogen (secondary N) is 2. The standard InChI is InChI=1S/C19H21FN2O5S/c1-12-9-13(3-5-17(12)20)21-19(23)16-10-15(4-6-18(16)26-2)28(24,25)22-14-7-8-27-11-14/h3-6,9-10,14,22H,7-8,11H2,1-2H3,(H,21,23)/t14-/m0/s1/i2D3. The van der Waals surface area contributed by atoms with Crippen molar-refractivity contribution in [3.63, 3.8) is 0 Å². The van der Waals surface area contributed by atoms with Gasteiger partial charge in [-0.25, -0.2) is 17.5 Å². The molecule has 0 unspecified atom stereocenters. The lowest BCUT2D eigenvalue weighted by Crippen LogP contribution is -2.35. The molecule has 0 spiro atoms. The number of ether oxygens (including phenoxy) is 2. The van der Waals surface area contributed by atoms with Gasteiger partial charge in [0.05, 0.1) is 28.2 Å². The Labute approximate surface area is 167 Å². The van der Waals surface area contributed by atoms with Crippen molar-refractivity contribution in [1.82, 2.24) is 4.72 Å². The highest BCUT2D eigenvalue weighted by Crippen LogP contribution is 2.25. The third-order valence-corrected chi connectivity index (χ3v) is 5.80. The Balaban J connectivity index is 1.94. The van der Waals surface area contributed by atoms with Crippen LogP contribution in [0.25, 0.3) is 0 Å². The second kappa shape index (κ2) is 8.26. The summed E-state index contributed by atoms with van der Waals surface area (Å²) in [4.78, 5) is 12.6. The number of anilines is 1. The maximum atomic E-state index is 13.5. The molecule has 3 rings (SSSR count). The molecule has 2 aromatic carbocycles. The normalized spacial score (nSPS) is 18.8. The van der Waals surface area contributed by atoms with E-state index >= 15 is 0 Å². The summed E-state index contributed by atoms with van der Waals surface area (Å²) in [6, 6.07) is 6.77. The molecular formula is C19H21FN2O5S. The molecule has 1 saturated heterocycles. The van der Waals surface area contributed by atoms with E-state index in [2.05, 4.69) is 10.0 Å². The van der Waals surface area contributed by atoms with E-state index in [1.165, 1.54) is 25.1 Å². The van der Waals surface area contributed by atoms with E-state index in [-0.39, 0.29) is 34.1 Å². The summed E-state index contributed by atoms with van der Waals surface area (Å²) < 4.78 is 73.3. The van der Waals surface area contributed by atoms with E-state index < -0.39 is 34.8 Å². The van der Waals surface area contributed by atoms with Crippen LogP contribution in [-0.2, 0) is 14.8 Å². The van der Waals surface area contributed by atoms with Crippen LogP contribution in [0, 0.1) is 12.7 Å². The Bertz CT molecular complexity index is 1090. The average molecular weight is 411 g/mol. The number of hydrogen-bond donors (Lipinski definition) is 2. The van der Waals surface area contributed by atoms with Crippen molar-refractivity contribution < 1.29 is 31.2 Å². The van der Waals surface area contributed by atoms with E-state index in [1.807, 2.05) is 0 Å². The summed E-state index contributed by atoms with van der Waals surface area (Å²) >= 11 is 0. The lowest BCUT2D eigenvalue weighted by atomic mass is 10.1. The van der Waals surface area contributed by atoms with Gasteiger partial charge in [-0.05, 0) is 55.3 Å². The molecule has 0 aliphatic carbocycles. The molecule has 1 amide bonds. The van der Waals surface area contributed by atoms with Gasteiger partial charge in [0.1, 0.15) is 11.6 Å². The van der Waals surface area contributed by atoms with E-state index in [0.717, 1.165) is 18.2 Å². The number of aryl methyl sites for hydroxylation is 1. The molecule has 1 atom stereocenters. The van der Waals surface area contributed by atoms with Crippen molar-refractivity contribution in [2.75, 3.05) is 25.6 Å². The van der Waals surface area contributed by atoms with E-state index in [0.29, 0.717) is 13.0 Å². The predicted molar refractivity (Wildman–Crippen MR) is 102 cm³/mol. The van der Waals surface area contributed by atoms with Crippen LogP contribution in [0.1, 0.15) is 26.5 Å². The van der Waals surface area contributed by atoms with Gasteiger partial charge in [-0.15, -0.1) is 0 Å². The molecule has 28 heavy (non-hydrogen) atoms. The summed E-state index contributed by atoms with van der Waals surface area (Å²) in [7, 11) is -6.86. The SMILES string of the molecule is [2H]C([2H])([2H])Oc1ccc(S(=O)(=O)N[C@H]2CCOC2)cc1C(=O)Nc1ccc(F)c(C)c1. The molecule has 150 valence electrons. The lowest BCUT2D eigenvalue weighted by molar-refractivity contribution is 0.102. The van der Waals surface area contributed by atoms with Gasteiger partial charge >= 0.3 is 0 Å². The highest BCUT2D eigenvalue weighted by Gasteiger charge is 2.25. The van der Waals surface area contributed by atoms with Crippen LogP contribution in [0.2, 0.25) is 0 Å². The van der Waals surface area contributed by atoms with Crippen LogP contribution < -0.4 is 14.8 Å². The topological polar surface area (TPSA) is 93.7 Å². The summed E-state index contributed by atoms with van der Waals surface area (Å²) in [5, 5.41) is 2.50. The summed E-state index contributed by atoms with van der Waals surface area (Å²) in [5.74, 6) is -1.59. The Morgan fingerprint density at radius 2 is 2.14 bits per heavy atom. The Kier molecular flexibility index (Phi) is 4.85. The molecule has 0 aromatic heterocycles. The van der Waals surface area contributed by atoms with Crippen LogP contribution in [0.4, 0.5) is 10.1 Å². The van der Waals surface area contributed by atoms with Gasteiger partial charge in [-0.3, -0.25) is 4.79 Å². The van der Waals surface area contributed by atoms with Crippen LogP contribution in [0.3, 0.4) is 0 Å². The second-order valence-corrected chi connectivity index (χ2v) is 8.07. The number of carbonyl (C=O) groups excluding carboxylic acids is 1. The zero-order valence-electron chi connectivity index (χ0n) is 18.0. The second-order valence-electron chi connectivity index (χ2n) is 6.36. The highest BCUT2D eigenvalue weighted by molar-refractivity contribution is 7.89. The Morgan fingerprint density at radius 1 is 1.32 bits per heavy atom. The number of halogens is 1. The minimum Gasteiger partial charge on any atom is -0.496 e. The zero-order valence-corrected chi connectivity index (χ0v) is 15.8. The minimum atomic E-state index is -4.00. The number of sulfonamides is 1. The summed E-state index contributed by atoms with van der Waals surface area (Å²) in [6.07, 6.45) is 0.511. The zero-order chi connectivity index (χ0) is 22.8. The number of methoxy groups -OCH3 is 1. The minimum absolute atomic E-state index is 0.233. The first-order valence-corrected chi connectivity index (χ1v) is 9.93. The fourth-order valence-corrected chi connectivity index (χ4v) is 4.06. The maximum Gasteiger partial charge on any atom is 0.259 e. The van der Waals surface area contributed by atoms with E-state index in [9.17, 15) is 17.6 Å². The first-order chi connectivity index (χ1) is 14.4. The van der Waals surface area contributed by atoms with E-state index in [4.69, 9.17) is 13.6 Å². The number of amides is 1.